The van der Waals surface area contributed by atoms with Crippen LogP contribution in [0.1, 0.15) is 37.4 Å². The number of oxazole rings is 1. The van der Waals surface area contributed by atoms with Crippen LogP contribution in [0.4, 0.5) is 0 Å². The summed E-state index contributed by atoms with van der Waals surface area (Å²) in [6, 6.07) is 0. The molecule has 0 unspecified atom stereocenters. The Kier molecular flexibility index (Phi) is 2.92. The summed E-state index contributed by atoms with van der Waals surface area (Å²) in [5.74, 6) is 1.52. The van der Waals surface area contributed by atoms with E-state index in [1.807, 2.05) is 17.5 Å². The monoisotopic (exact) mass is 234 g/mol. The van der Waals surface area contributed by atoms with Crippen molar-refractivity contribution in [1.82, 2.24) is 9.97 Å². The van der Waals surface area contributed by atoms with E-state index in [0.29, 0.717) is 5.89 Å². The van der Waals surface area contributed by atoms with Crippen LogP contribution in [-0.4, -0.2) is 9.97 Å². The van der Waals surface area contributed by atoms with Crippen LogP contribution in [0.2, 0.25) is 0 Å². The predicted molar refractivity (Wildman–Crippen MR) is 66.2 cm³/mol. The summed E-state index contributed by atoms with van der Waals surface area (Å²) in [7, 11) is 0. The first-order valence-corrected chi connectivity index (χ1v) is 5.97. The molecule has 0 saturated heterocycles. The van der Waals surface area contributed by atoms with Gasteiger partial charge in [0.05, 0.1) is 6.20 Å². The normalized spacial score (nSPS) is 12.4. The van der Waals surface area contributed by atoms with E-state index in [-0.39, 0.29) is 5.41 Å². The summed E-state index contributed by atoms with van der Waals surface area (Å²) in [5.41, 5.74) is 0.000270. The molecule has 2 rings (SSSR count). The molecule has 0 amide bonds. The Balaban J connectivity index is 2.15. The molecule has 3 nitrogen and oxygen atoms in total. The topological polar surface area (TPSA) is 38.9 Å². The summed E-state index contributed by atoms with van der Waals surface area (Å²) in [6.45, 7) is 6.30. The third-order valence-corrected chi connectivity index (χ3v) is 2.82. The molecule has 0 fully saturated rings. The van der Waals surface area contributed by atoms with Crippen molar-refractivity contribution < 1.29 is 4.42 Å². The molecule has 2 heterocycles. The van der Waals surface area contributed by atoms with Crippen LogP contribution in [0.15, 0.2) is 22.2 Å². The minimum Gasteiger partial charge on any atom is -0.441 e. The maximum atomic E-state index is 5.63. The lowest BCUT2D eigenvalue weighted by atomic mass is 9.94. The molecule has 0 spiro atoms. The summed E-state index contributed by atoms with van der Waals surface area (Å²) < 4.78 is 5.63. The van der Waals surface area contributed by atoms with Gasteiger partial charge in [0.1, 0.15) is 10.8 Å². The smallest absolute Gasteiger partial charge is 0.219 e. The van der Waals surface area contributed by atoms with Gasteiger partial charge in [0, 0.05) is 23.1 Å². The van der Waals surface area contributed by atoms with Crippen molar-refractivity contribution >= 4 is 23.5 Å². The molecule has 0 atom stereocenters. The fourth-order valence-corrected chi connectivity index (χ4v) is 1.70. The minimum absolute atomic E-state index is 0.000270. The maximum absolute atomic E-state index is 5.63. The summed E-state index contributed by atoms with van der Waals surface area (Å²) in [4.78, 5) is 8.35. The van der Waals surface area contributed by atoms with Crippen molar-refractivity contribution in [2.75, 3.05) is 0 Å². The van der Waals surface area contributed by atoms with Crippen molar-refractivity contribution in [3.8, 4) is 0 Å². The van der Waals surface area contributed by atoms with Crippen LogP contribution in [0.3, 0.4) is 0 Å². The first kappa shape index (κ1) is 11.1. The second-order valence-corrected chi connectivity index (χ2v) is 5.44. The fourth-order valence-electron chi connectivity index (χ4n) is 1.17. The Morgan fingerprint density at radius 1 is 1.25 bits per heavy atom. The highest BCUT2D eigenvalue weighted by atomic mass is 32.1. The van der Waals surface area contributed by atoms with Crippen molar-refractivity contribution in [3.63, 3.8) is 0 Å². The van der Waals surface area contributed by atoms with E-state index in [4.69, 9.17) is 4.42 Å². The number of hydrogen-bond acceptors (Lipinski definition) is 4. The number of nitrogens with zero attached hydrogens (tertiary/aromatic N) is 2. The van der Waals surface area contributed by atoms with Crippen LogP contribution >= 0.6 is 11.3 Å². The van der Waals surface area contributed by atoms with Gasteiger partial charge in [0.25, 0.3) is 0 Å². The molecule has 84 valence electrons. The molecule has 2 aromatic heterocycles. The Bertz CT molecular complexity index is 477. The Labute approximate surface area is 98.9 Å². The third kappa shape index (κ3) is 2.58. The van der Waals surface area contributed by atoms with E-state index in [2.05, 4.69) is 30.7 Å². The summed E-state index contributed by atoms with van der Waals surface area (Å²) in [5, 5.41) is 2.89. The lowest BCUT2D eigenvalue weighted by Gasteiger charge is -2.12. The van der Waals surface area contributed by atoms with E-state index in [1.165, 1.54) is 0 Å². The quantitative estimate of drug-likeness (QED) is 0.797. The number of aromatic nitrogens is 2. The van der Waals surface area contributed by atoms with Crippen LogP contribution in [0.25, 0.3) is 12.2 Å². The van der Waals surface area contributed by atoms with Crippen molar-refractivity contribution in [3.05, 3.63) is 34.4 Å². The van der Waals surface area contributed by atoms with Gasteiger partial charge in [-0.2, -0.15) is 0 Å². The SMILES string of the molecule is CC(C)(C)c1cnc(/C=C/c2nccs2)o1. The van der Waals surface area contributed by atoms with Gasteiger partial charge in [-0.05, 0) is 6.08 Å². The number of thiazole rings is 1. The number of rotatable bonds is 2. The van der Waals surface area contributed by atoms with Crippen molar-refractivity contribution in [1.29, 1.82) is 0 Å². The van der Waals surface area contributed by atoms with E-state index >= 15 is 0 Å². The zero-order valence-corrected chi connectivity index (χ0v) is 10.4. The highest BCUT2D eigenvalue weighted by Crippen LogP contribution is 2.23. The molecule has 0 aliphatic rings. The van der Waals surface area contributed by atoms with Gasteiger partial charge < -0.3 is 4.42 Å². The molecule has 0 aromatic carbocycles. The molecule has 16 heavy (non-hydrogen) atoms. The lowest BCUT2D eigenvalue weighted by molar-refractivity contribution is 0.403. The van der Waals surface area contributed by atoms with E-state index < -0.39 is 0 Å². The lowest BCUT2D eigenvalue weighted by Crippen LogP contribution is -2.09. The fraction of sp³-hybridized carbons (Fsp3) is 0.333. The summed E-state index contributed by atoms with van der Waals surface area (Å²) in [6.07, 6.45) is 7.30. The Hall–Kier alpha value is -1.42. The highest BCUT2D eigenvalue weighted by molar-refractivity contribution is 7.10. The Morgan fingerprint density at radius 3 is 2.62 bits per heavy atom. The molecule has 0 saturated carbocycles. The van der Waals surface area contributed by atoms with Gasteiger partial charge in [-0.15, -0.1) is 11.3 Å². The average Bonchev–Trinajstić information content (AvgIpc) is 2.85. The minimum atomic E-state index is 0.000270. The zero-order valence-electron chi connectivity index (χ0n) is 9.60. The van der Waals surface area contributed by atoms with Crippen molar-refractivity contribution in [2.24, 2.45) is 0 Å². The molecule has 0 aliphatic heterocycles. The van der Waals surface area contributed by atoms with Crippen molar-refractivity contribution in [2.45, 2.75) is 26.2 Å². The molecule has 0 aliphatic carbocycles. The number of hydrogen-bond donors (Lipinski definition) is 0. The van der Waals surface area contributed by atoms with Crippen LogP contribution in [0.5, 0.6) is 0 Å². The van der Waals surface area contributed by atoms with Gasteiger partial charge in [-0.25, -0.2) is 9.97 Å². The predicted octanol–water partition coefficient (Wildman–Crippen LogP) is 3.60. The Morgan fingerprint density at radius 2 is 2.06 bits per heavy atom. The molecular weight excluding hydrogens is 220 g/mol. The van der Waals surface area contributed by atoms with Crippen LogP contribution < -0.4 is 0 Å². The maximum Gasteiger partial charge on any atom is 0.219 e. The van der Waals surface area contributed by atoms with Gasteiger partial charge in [-0.3, -0.25) is 0 Å². The molecule has 2 aromatic rings. The summed E-state index contributed by atoms with van der Waals surface area (Å²) >= 11 is 1.59. The highest BCUT2D eigenvalue weighted by Gasteiger charge is 2.18. The molecule has 4 heteroatoms. The van der Waals surface area contributed by atoms with Gasteiger partial charge in [0.2, 0.25) is 5.89 Å². The van der Waals surface area contributed by atoms with Crippen LogP contribution in [-0.2, 0) is 5.41 Å². The first-order chi connectivity index (χ1) is 7.55. The van der Waals surface area contributed by atoms with E-state index in [0.717, 1.165) is 10.8 Å². The van der Waals surface area contributed by atoms with E-state index in [9.17, 15) is 0 Å². The molecule has 0 radical (unpaired) electrons. The molecular formula is C12H14N2OS. The van der Waals surface area contributed by atoms with E-state index in [1.54, 1.807) is 23.7 Å². The third-order valence-electron chi connectivity index (χ3n) is 2.08. The van der Waals surface area contributed by atoms with Gasteiger partial charge >= 0.3 is 0 Å². The standard InChI is InChI=1S/C12H14N2OS/c1-12(2,3)9-8-14-10(15-9)4-5-11-13-6-7-16-11/h4-8H,1-3H3/b5-4+. The molecule has 0 N–H and O–H groups in total. The van der Waals surface area contributed by atoms with Crippen LogP contribution in [0, 0.1) is 0 Å². The average molecular weight is 234 g/mol. The van der Waals surface area contributed by atoms with Gasteiger partial charge in [-0.1, -0.05) is 20.8 Å². The second-order valence-electron chi connectivity index (χ2n) is 4.52. The largest absolute Gasteiger partial charge is 0.441 e. The molecule has 0 bridgehead atoms. The van der Waals surface area contributed by atoms with Gasteiger partial charge in [0.15, 0.2) is 0 Å². The first-order valence-electron chi connectivity index (χ1n) is 5.09. The zero-order chi connectivity index (χ0) is 11.6. The second kappa shape index (κ2) is 4.22.